The van der Waals surface area contributed by atoms with Crippen LogP contribution in [0.2, 0.25) is 0 Å². The molecule has 0 aliphatic rings. The number of nitrogens with zero attached hydrogens (tertiary/aromatic N) is 1. The van der Waals surface area contributed by atoms with Gasteiger partial charge in [0.2, 0.25) is 5.54 Å². The lowest BCUT2D eigenvalue weighted by Crippen LogP contribution is -2.41. The molecule has 23 heavy (non-hydrogen) atoms. The normalized spacial score (nSPS) is 13.1. The van der Waals surface area contributed by atoms with Gasteiger partial charge in [-0.25, -0.2) is 0 Å². The van der Waals surface area contributed by atoms with Crippen molar-refractivity contribution in [2.75, 3.05) is 17.2 Å². The Bertz CT molecular complexity index is 628. The lowest BCUT2D eigenvalue weighted by atomic mass is 9.97. The molecule has 0 spiro atoms. The van der Waals surface area contributed by atoms with E-state index >= 15 is 0 Å². The first-order chi connectivity index (χ1) is 11.0. The number of nitrogens with one attached hydrogen (secondary N) is 2. The van der Waals surface area contributed by atoms with E-state index in [-0.39, 0.29) is 4.92 Å². The maximum atomic E-state index is 11.2. The molecule has 0 aromatic heterocycles. The molecular weight excluding hydrogens is 290 g/mol. The summed E-state index contributed by atoms with van der Waals surface area (Å²) in [6, 6.07) is 17.7. The van der Waals surface area contributed by atoms with Crippen molar-refractivity contribution in [2.45, 2.75) is 32.2 Å². The van der Waals surface area contributed by atoms with Crippen molar-refractivity contribution in [1.82, 2.24) is 0 Å². The average molecular weight is 313 g/mol. The Morgan fingerprint density at radius 2 is 1.57 bits per heavy atom. The van der Waals surface area contributed by atoms with Gasteiger partial charge < -0.3 is 10.6 Å². The predicted molar refractivity (Wildman–Crippen MR) is 95.0 cm³/mol. The standard InChI is InChI=1S/C18H23N3O2/c1-3-13-18(2,21(22)23)14-19-15-9-11-17(12-10-15)20-16-7-5-4-6-8-16/h4-12,19-20H,3,13-14H2,1-2H3. The monoisotopic (exact) mass is 313 g/mol. The first-order valence-corrected chi connectivity index (χ1v) is 7.84. The summed E-state index contributed by atoms with van der Waals surface area (Å²) in [7, 11) is 0. The van der Waals surface area contributed by atoms with Crippen molar-refractivity contribution >= 4 is 17.1 Å². The van der Waals surface area contributed by atoms with Crippen LogP contribution in [0.15, 0.2) is 54.6 Å². The van der Waals surface area contributed by atoms with Crippen molar-refractivity contribution in [1.29, 1.82) is 0 Å². The van der Waals surface area contributed by atoms with Crippen molar-refractivity contribution in [2.24, 2.45) is 0 Å². The minimum atomic E-state index is -0.935. The molecule has 0 saturated heterocycles. The first-order valence-electron chi connectivity index (χ1n) is 7.84. The summed E-state index contributed by atoms with van der Waals surface area (Å²) in [5, 5.41) is 17.7. The summed E-state index contributed by atoms with van der Waals surface area (Å²) >= 11 is 0. The van der Waals surface area contributed by atoms with Crippen LogP contribution in [-0.2, 0) is 0 Å². The minimum absolute atomic E-state index is 0.186. The molecule has 1 atom stereocenters. The van der Waals surface area contributed by atoms with Gasteiger partial charge in [-0.3, -0.25) is 10.1 Å². The smallest absolute Gasteiger partial charge is 0.236 e. The lowest BCUT2D eigenvalue weighted by molar-refractivity contribution is -0.562. The number of hydrogen-bond donors (Lipinski definition) is 2. The molecule has 0 amide bonds. The van der Waals surface area contributed by atoms with Gasteiger partial charge in [-0.1, -0.05) is 25.1 Å². The molecule has 2 aromatic carbocycles. The second-order valence-electron chi connectivity index (χ2n) is 5.93. The fourth-order valence-corrected chi connectivity index (χ4v) is 2.43. The number of nitro groups is 1. The fourth-order valence-electron chi connectivity index (χ4n) is 2.43. The third kappa shape index (κ3) is 4.71. The molecule has 5 heteroatoms. The van der Waals surface area contributed by atoms with Gasteiger partial charge in [0.1, 0.15) is 0 Å². The van der Waals surface area contributed by atoms with E-state index in [2.05, 4.69) is 10.6 Å². The molecule has 2 rings (SSSR count). The van der Waals surface area contributed by atoms with Gasteiger partial charge in [0, 0.05) is 35.3 Å². The number of anilines is 3. The van der Waals surface area contributed by atoms with Gasteiger partial charge in [-0.15, -0.1) is 0 Å². The van der Waals surface area contributed by atoms with Crippen LogP contribution in [-0.4, -0.2) is 17.0 Å². The van der Waals surface area contributed by atoms with Gasteiger partial charge in [0.25, 0.3) is 0 Å². The SMILES string of the molecule is CCCC(C)(CNc1ccc(Nc2ccccc2)cc1)[N+](=O)[O-]. The Morgan fingerprint density at radius 1 is 1.00 bits per heavy atom. The van der Waals surface area contributed by atoms with E-state index in [1.807, 2.05) is 61.5 Å². The van der Waals surface area contributed by atoms with Gasteiger partial charge in [-0.2, -0.15) is 0 Å². The van der Waals surface area contributed by atoms with E-state index < -0.39 is 5.54 Å². The van der Waals surface area contributed by atoms with Crippen molar-refractivity contribution in [3.8, 4) is 0 Å². The van der Waals surface area contributed by atoms with Crippen LogP contribution < -0.4 is 10.6 Å². The molecule has 0 fully saturated rings. The molecule has 2 aromatic rings. The molecular formula is C18H23N3O2. The van der Waals surface area contributed by atoms with Gasteiger partial charge in [0.15, 0.2) is 0 Å². The van der Waals surface area contributed by atoms with Crippen LogP contribution >= 0.6 is 0 Å². The summed E-state index contributed by atoms with van der Waals surface area (Å²) < 4.78 is 0. The molecule has 0 aliphatic carbocycles. The quantitative estimate of drug-likeness (QED) is 0.548. The predicted octanol–water partition coefficient (Wildman–Crippen LogP) is 4.68. The molecule has 0 radical (unpaired) electrons. The second-order valence-corrected chi connectivity index (χ2v) is 5.93. The molecule has 122 valence electrons. The van der Waals surface area contributed by atoms with E-state index in [0.717, 1.165) is 23.5 Å². The summed E-state index contributed by atoms with van der Waals surface area (Å²) in [4.78, 5) is 11.1. The Hall–Kier alpha value is -2.56. The largest absolute Gasteiger partial charge is 0.378 e. The Labute approximate surface area is 136 Å². The van der Waals surface area contributed by atoms with Crippen molar-refractivity contribution in [3.05, 3.63) is 64.7 Å². The second kappa shape index (κ2) is 7.63. The number of benzene rings is 2. The zero-order valence-corrected chi connectivity index (χ0v) is 13.6. The number of hydrogen-bond acceptors (Lipinski definition) is 4. The Morgan fingerprint density at radius 3 is 2.13 bits per heavy atom. The van der Waals surface area contributed by atoms with Crippen LogP contribution in [0.1, 0.15) is 26.7 Å². The topological polar surface area (TPSA) is 67.2 Å². The van der Waals surface area contributed by atoms with Crippen LogP contribution in [0, 0.1) is 10.1 Å². The minimum Gasteiger partial charge on any atom is -0.378 e. The highest BCUT2D eigenvalue weighted by Gasteiger charge is 2.35. The zero-order valence-electron chi connectivity index (χ0n) is 13.6. The van der Waals surface area contributed by atoms with Crippen LogP contribution in [0.4, 0.5) is 17.1 Å². The zero-order chi connectivity index (χ0) is 16.7. The lowest BCUT2D eigenvalue weighted by Gasteiger charge is -2.21. The van der Waals surface area contributed by atoms with Gasteiger partial charge >= 0.3 is 0 Å². The first kappa shape index (κ1) is 16.8. The summed E-state index contributed by atoms with van der Waals surface area (Å²) in [6.45, 7) is 3.97. The molecule has 5 nitrogen and oxygen atoms in total. The summed E-state index contributed by atoms with van der Waals surface area (Å²) in [5.74, 6) is 0. The highest BCUT2D eigenvalue weighted by Crippen LogP contribution is 2.21. The van der Waals surface area contributed by atoms with Crippen LogP contribution in [0.3, 0.4) is 0 Å². The van der Waals surface area contributed by atoms with Crippen LogP contribution in [0.25, 0.3) is 0 Å². The molecule has 0 aliphatic heterocycles. The average Bonchev–Trinajstić information content (AvgIpc) is 2.55. The van der Waals surface area contributed by atoms with E-state index in [9.17, 15) is 10.1 Å². The fraction of sp³-hybridized carbons (Fsp3) is 0.333. The van der Waals surface area contributed by atoms with E-state index in [1.54, 1.807) is 6.92 Å². The van der Waals surface area contributed by atoms with E-state index in [4.69, 9.17) is 0 Å². The summed E-state index contributed by atoms with van der Waals surface area (Å²) in [6.07, 6.45) is 1.35. The molecule has 0 heterocycles. The highest BCUT2D eigenvalue weighted by atomic mass is 16.6. The molecule has 0 saturated carbocycles. The van der Waals surface area contributed by atoms with E-state index in [0.29, 0.717) is 13.0 Å². The Balaban J connectivity index is 1.96. The maximum absolute atomic E-state index is 11.2. The number of para-hydroxylation sites is 1. The van der Waals surface area contributed by atoms with Gasteiger partial charge in [0.05, 0.1) is 6.54 Å². The molecule has 2 N–H and O–H groups in total. The van der Waals surface area contributed by atoms with Crippen LogP contribution in [0.5, 0.6) is 0 Å². The van der Waals surface area contributed by atoms with Crippen molar-refractivity contribution < 1.29 is 4.92 Å². The highest BCUT2D eigenvalue weighted by molar-refractivity contribution is 5.62. The molecule has 0 bridgehead atoms. The third-order valence-corrected chi connectivity index (χ3v) is 3.85. The molecule has 1 unspecified atom stereocenters. The van der Waals surface area contributed by atoms with Crippen molar-refractivity contribution in [3.63, 3.8) is 0 Å². The number of rotatable bonds is 8. The maximum Gasteiger partial charge on any atom is 0.236 e. The summed E-state index contributed by atoms with van der Waals surface area (Å²) in [5.41, 5.74) is 1.95. The van der Waals surface area contributed by atoms with E-state index in [1.165, 1.54) is 0 Å². The third-order valence-electron chi connectivity index (χ3n) is 3.85. The van der Waals surface area contributed by atoms with Gasteiger partial charge in [-0.05, 0) is 42.8 Å². The Kier molecular flexibility index (Phi) is 5.57.